The van der Waals surface area contributed by atoms with Gasteiger partial charge in [-0.25, -0.2) is 9.79 Å². The van der Waals surface area contributed by atoms with Gasteiger partial charge in [-0.3, -0.25) is 0 Å². The van der Waals surface area contributed by atoms with E-state index in [0.717, 1.165) is 5.56 Å². The third kappa shape index (κ3) is 4.86. The molecule has 0 unspecified atom stereocenters. The van der Waals surface area contributed by atoms with E-state index in [0.29, 0.717) is 33.7 Å². The Morgan fingerprint density at radius 1 is 1.10 bits per heavy atom. The molecule has 1 heterocycles. The average Bonchev–Trinajstić information content (AvgIpc) is 3.04. The van der Waals surface area contributed by atoms with Gasteiger partial charge in [0.25, 0.3) is 0 Å². The van der Waals surface area contributed by atoms with Crippen LogP contribution in [0.3, 0.4) is 0 Å². The Bertz CT molecular complexity index is 1010. The van der Waals surface area contributed by atoms with Gasteiger partial charge in [0.15, 0.2) is 11.5 Å². The quantitative estimate of drug-likeness (QED) is 0.608. The number of methoxy groups -OCH3 is 1. The van der Waals surface area contributed by atoms with Crippen molar-refractivity contribution in [3.63, 3.8) is 0 Å². The van der Waals surface area contributed by atoms with Crippen LogP contribution in [-0.4, -0.2) is 36.4 Å². The second-order valence-electron chi connectivity index (χ2n) is 6.15. The third-order valence-electron chi connectivity index (χ3n) is 4.14. The highest BCUT2D eigenvalue weighted by molar-refractivity contribution is 8.18. The fourth-order valence-electron chi connectivity index (χ4n) is 2.81. The Labute approximate surface area is 179 Å². The minimum Gasteiger partial charge on any atom is -0.506 e. The molecule has 0 aliphatic carbocycles. The summed E-state index contributed by atoms with van der Waals surface area (Å²) in [4.78, 5) is 17.5. The first-order valence-electron chi connectivity index (χ1n) is 9.52. The van der Waals surface area contributed by atoms with Crippen LogP contribution < -0.4 is 9.47 Å². The number of rotatable bonds is 7. The summed E-state index contributed by atoms with van der Waals surface area (Å²) in [5, 5.41) is 11.2. The molecule has 1 aliphatic rings. The number of hydrogen-bond donors (Lipinski definition) is 1. The molecule has 30 heavy (non-hydrogen) atoms. The normalized spacial score (nSPS) is 16.2. The van der Waals surface area contributed by atoms with Crippen LogP contribution in [0.4, 0.5) is 5.69 Å². The number of hydrogen-bond acceptors (Lipinski definition) is 7. The summed E-state index contributed by atoms with van der Waals surface area (Å²) >= 11 is 1.21. The van der Waals surface area contributed by atoms with Gasteiger partial charge in [-0.1, -0.05) is 36.0 Å². The van der Waals surface area contributed by atoms with E-state index < -0.39 is 5.97 Å². The number of benzene rings is 2. The zero-order chi connectivity index (χ0) is 21.5. The summed E-state index contributed by atoms with van der Waals surface area (Å²) in [6, 6.07) is 14.7. The number of esters is 1. The van der Waals surface area contributed by atoms with Crippen molar-refractivity contribution in [3.8, 4) is 11.5 Å². The molecule has 0 saturated heterocycles. The van der Waals surface area contributed by atoms with Crippen molar-refractivity contribution in [3.05, 3.63) is 70.3 Å². The van der Waals surface area contributed by atoms with Crippen molar-refractivity contribution in [1.82, 2.24) is 0 Å². The minimum atomic E-state index is -0.607. The lowest BCUT2D eigenvalue weighted by atomic mass is 10.1. The molecule has 0 bridgehead atoms. The number of ether oxygens (including phenoxy) is 3. The maximum atomic E-state index is 12.5. The largest absolute Gasteiger partial charge is 0.506 e. The molecule has 6 nitrogen and oxygen atoms in total. The maximum Gasteiger partial charge on any atom is 0.344 e. The first-order chi connectivity index (χ1) is 14.6. The number of carbonyl (C=O) groups excluding carboxylic acids is 1. The van der Waals surface area contributed by atoms with E-state index in [4.69, 9.17) is 14.2 Å². The van der Waals surface area contributed by atoms with Gasteiger partial charge in [-0.05, 0) is 49.8 Å². The van der Waals surface area contributed by atoms with Crippen LogP contribution in [0.5, 0.6) is 11.5 Å². The Balaban J connectivity index is 2.01. The molecule has 0 spiro atoms. The highest BCUT2D eigenvalue weighted by Gasteiger charge is 2.33. The zero-order valence-corrected chi connectivity index (χ0v) is 17.9. The van der Waals surface area contributed by atoms with Crippen molar-refractivity contribution >= 4 is 34.5 Å². The molecular formula is C23H23NO5S. The van der Waals surface area contributed by atoms with Crippen molar-refractivity contribution in [2.24, 2.45) is 4.99 Å². The van der Waals surface area contributed by atoms with E-state index in [1.165, 1.54) is 11.8 Å². The summed E-state index contributed by atoms with van der Waals surface area (Å²) < 4.78 is 16.1. The fraction of sp³-hybridized carbons (Fsp3) is 0.217. The van der Waals surface area contributed by atoms with Crippen LogP contribution >= 0.6 is 11.8 Å². The highest BCUT2D eigenvalue weighted by Crippen LogP contribution is 2.41. The van der Waals surface area contributed by atoms with Crippen molar-refractivity contribution < 1.29 is 24.1 Å². The minimum absolute atomic E-state index is 0.0647. The molecule has 0 fully saturated rings. The topological polar surface area (TPSA) is 77.4 Å². The van der Waals surface area contributed by atoms with Gasteiger partial charge < -0.3 is 19.3 Å². The third-order valence-corrected chi connectivity index (χ3v) is 5.16. The molecule has 0 saturated carbocycles. The van der Waals surface area contributed by atoms with E-state index in [1.54, 1.807) is 26.2 Å². The highest BCUT2D eigenvalue weighted by atomic mass is 32.2. The van der Waals surface area contributed by atoms with Crippen LogP contribution in [0.2, 0.25) is 0 Å². The Hall–Kier alpha value is -3.19. The fourth-order valence-corrected chi connectivity index (χ4v) is 3.85. The SMILES string of the molecule is CCOC(=O)C1=C(O)/C(=C/c2ccc(OCC)c(OC)c2)SC1=Nc1ccccc1. The number of aliphatic hydroxyl groups excluding tert-OH is 1. The maximum absolute atomic E-state index is 12.5. The summed E-state index contributed by atoms with van der Waals surface area (Å²) in [7, 11) is 1.57. The van der Waals surface area contributed by atoms with Gasteiger partial charge in [0.2, 0.25) is 0 Å². The molecule has 2 aromatic rings. The zero-order valence-electron chi connectivity index (χ0n) is 17.0. The number of aliphatic hydroxyl groups is 1. The van der Waals surface area contributed by atoms with Crippen molar-refractivity contribution in [2.45, 2.75) is 13.8 Å². The van der Waals surface area contributed by atoms with Crippen LogP contribution in [0.15, 0.2) is 69.8 Å². The summed E-state index contributed by atoms with van der Waals surface area (Å²) in [5.41, 5.74) is 1.53. The lowest BCUT2D eigenvalue weighted by Crippen LogP contribution is -2.12. The Morgan fingerprint density at radius 2 is 1.87 bits per heavy atom. The molecule has 1 aliphatic heterocycles. The second-order valence-corrected chi connectivity index (χ2v) is 7.18. The van der Waals surface area contributed by atoms with Crippen molar-refractivity contribution in [1.29, 1.82) is 0 Å². The molecule has 1 N–H and O–H groups in total. The Morgan fingerprint density at radius 3 is 2.53 bits per heavy atom. The number of aliphatic imine (C=N–C) groups is 1. The number of nitrogens with zero attached hydrogens (tertiary/aromatic N) is 1. The number of thioether (sulfide) groups is 1. The van der Waals surface area contributed by atoms with E-state index in [2.05, 4.69) is 4.99 Å². The predicted octanol–water partition coefficient (Wildman–Crippen LogP) is 5.29. The second kappa shape index (κ2) is 10.0. The van der Waals surface area contributed by atoms with Crippen LogP contribution in [0.25, 0.3) is 6.08 Å². The predicted molar refractivity (Wildman–Crippen MR) is 120 cm³/mol. The molecule has 7 heteroatoms. The molecule has 3 rings (SSSR count). The van der Waals surface area contributed by atoms with Gasteiger partial charge >= 0.3 is 5.97 Å². The molecule has 0 amide bonds. The van der Waals surface area contributed by atoms with E-state index in [1.807, 2.05) is 49.4 Å². The summed E-state index contributed by atoms with van der Waals surface area (Å²) in [6.07, 6.45) is 1.77. The van der Waals surface area contributed by atoms with Crippen molar-refractivity contribution in [2.75, 3.05) is 20.3 Å². The van der Waals surface area contributed by atoms with Gasteiger partial charge in [0.1, 0.15) is 16.4 Å². The Kier molecular flexibility index (Phi) is 7.19. The lowest BCUT2D eigenvalue weighted by Gasteiger charge is -2.09. The monoisotopic (exact) mass is 425 g/mol. The molecule has 0 radical (unpaired) electrons. The summed E-state index contributed by atoms with van der Waals surface area (Å²) in [6.45, 7) is 4.35. The van der Waals surface area contributed by atoms with Gasteiger partial charge in [-0.15, -0.1) is 0 Å². The number of carbonyl (C=O) groups is 1. The van der Waals surface area contributed by atoms with Crippen LogP contribution in [0, 0.1) is 0 Å². The molecule has 0 aromatic heterocycles. The molecule has 156 valence electrons. The smallest absolute Gasteiger partial charge is 0.344 e. The van der Waals surface area contributed by atoms with Gasteiger partial charge in [0, 0.05) is 0 Å². The van der Waals surface area contributed by atoms with E-state index in [9.17, 15) is 9.90 Å². The first kappa shape index (κ1) is 21.5. The molecule has 2 aromatic carbocycles. The van der Waals surface area contributed by atoms with Gasteiger partial charge in [-0.2, -0.15) is 0 Å². The molecule has 0 atom stereocenters. The van der Waals surface area contributed by atoms with Crippen LogP contribution in [-0.2, 0) is 9.53 Å². The molecular weight excluding hydrogens is 402 g/mol. The first-order valence-corrected chi connectivity index (χ1v) is 10.3. The van der Waals surface area contributed by atoms with Crippen LogP contribution in [0.1, 0.15) is 19.4 Å². The number of para-hydroxylation sites is 1. The van der Waals surface area contributed by atoms with E-state index in [-0.39, 0.29) is 17.9 Å². The average molecular weight is 426 g/mol. The summed E-state index contributed by atoms with van der Waals surface area (Å²) in [5.74, 6) is 0.465. The van der Waals surface area contributed by atoms with E-state index >= 15 is 0 Å². The lowest BCUT2D eigenvalue weighted by molar-refractivity contribution is -0.138. The van der Waals surface area contributed by atoms with Gasteiger partial charge in [0.05, 0.1) is 30.9 Å². The standard InChI is InChI=1S/C23H23NO5S/c1-4-28-17-12-11-15(13-18(17)27-3)14-19-21(25)20(23(26)29-5-2)22(30-19)24-16-9-7-6-8-10-16/h6-14,25H,4-5H2,1-3H3/b19-14-,24-22?.